The Morgan fingerprint density at radius 1 is 1.17 bits per heavy atom. The Balaban J connectivity index is 2.13. The van der Waals surface area contributed by atoms with Crippen LogP contribution in [0.25, 0.3) is 0 Å². The van der Waals surface area contributed by atoms with Crippen molar-refractivity contribution in [2.75, 3.05) is 0 Å². The summed E-state index contributed by atoms with van der Waals surface area (Å²) >= 11 is 7.47. The zero-order chi connectivity index (χ0) is 13.0. The Morgan fingerprint density at radius 3 is 2.67 bits per heavy atom. The predicted molar refractivity (Wildman–Crippen MR) is 74.4 cm³/mol. The van der Waals surface area contributed by atoms with Gasteiger partial charge >= 0.3 is 5.97 Å². The number of thioether (sulfide) groups is 1. The smallest absolute Gasteiger partial charge is 0.335 e. The number of hydrogen-bond donors (Lipinski definition) is 1. The first kappa shape index (κ1) is 13.0. The maximum absolute atomic E-state index is 11.1. The molecule has 0 aliphatic rings. The highest BCUT2D eigenvalue weighted by atomic mass is 35.5. The van der Waals surface area contributed by atoms with Gasteiger partial charge in [0.05, 0.1) is 5.56 Å². The van der Waals surface area contributed by atoms with Crippen LogP contribution < -0.4 is 0 Å². The third kappa shape index (κ3) is 3.28. The minimum atomic E-state index is -0.891. The molecule has 0 bridgehead atoms. The maximum atomic E-state index is 11.1. The summed E-state index contributed by atoms with van der Waals surface area (Å²) in [7, 11) is 0. The number of aromatic carboxylic acids is 1. The fourth-order valence-corrected chi connectivity index (χ4v) is 2.79. The fourth-order valence-electron chi connectivity index (χ4n) is 1.57. The molecule has 0 unspecified atom stereocenters. The van der Waals surface area contributed by atoms with Crippen molar-refractivity contribution in [1.82, 2.24) is 0 Å². The van der Waals surface area contributed by atoms with Gasteiger partial charge in [0.25, 0.3) is 0 Å². The number of carboxylic acids is 1. The topological polar surface area (TPSA) is 37.3 Å². The summed E-state index contributed by atoms with van der Waals surface area (Å²) in [6, 6.07) is 14.6. The van der Waals surface area contributed by atoms with Crippen LogP contribution in [0, 0.1) is 0 Å². The lowest BCUT2D eigenvalue weighted by Gasteiger charge is -2.06. The highest BCUT2D eigenvalue weighted by Crippen LogP contribution is 2.26. The van der Waals surface area contributed by atoms with E-state index in [0.717, 1.165) is 10.5 Å². The lowest BCUT2D eigenvalue weighted by atomic mass is 10.1. The van der Waals surface area contributed by atoms with Crippen LogP contribution in [-0.4, -0.2) is 11.1 Å². The molecule has 92 valence electrons. The molecule has 2 aromatic carbocycles. The van der Waals surface area contributed by atoms with Crippen molar-refractivity contribution in [3.05, 3.63) is 64.7 Å². The molecule has 4 heteroatoms. The van der Waals surface area contributed by atoms with Crippen molar-refractivity contribution in [3.63, 3.8) is 0 Å². The maximum Gasteiger partial charge on any atom is 0.335 e. The molecule has 0 atom stereocenters. The molecule has 2 nitrogen and oxygen atoms in total. The van der Waals surface area contributed by atoms with Crippen LogP contribution >= 0.6 is 23.4 Å². The Hall–Kier alpha value is -1.45. The van der Waals surface area contributed by atoms with E-state index >= 15 is 0 Å². The van der Waals surface area contributed by atoms with Gasteiger partial charge < -0.3 is 5.11 Å². The van der Waals surface area contributed by atoms with Gasteiger partial charge in [-0.2, -0.15) is 0 Å². The van der Waals surface area contributed by atoms with Gasteiger partial charge in [-0.1, -0.05) is 35.9 Å². The Labute approximate surface area is 115 Å². The molecule has 1 N–H and O–H groups in total. The van der Waals surface area contributed by atoms with E-state index in [0.29, 0.717) is 16.3 Å². The van der Waals surface area contributed by atoms with Crippen LogP contribution in [0.2, 0.25) is 5.02 Å². The summed E-state index contributed by atoms with van der Waals surface area (Å²) in [5.41, 5.74) is 1.17. The molecule has 0 heterocycles. The third-order valence-electron chi connectivity index (χ3n) is 2.44. The average molecular weight is 279 g/mol. The van der Waals surface area contributed by atoms with Gasteiger partial charge in [-0.3, -0.25) is 0 Å². The predicted octanol–water partition coefficient (Wildman–Crippen LogP) is 4.33. The molecule has 0 aromatic heterocycles. The zero-order valence-electron chi connectivity index (χ0n) is 9.47. The number of benzene rings is 2. The quantitative estimate of drug-likeness (QED) is 0.846. The molecule has 18 heavy (non-hydrogen) atoms. The Kier molecular flexibility index (Phi) is 4.28. The monoisotopic (exact) mass is 278 g/mol. The van der Waals surface area contributed by atoms with E-state index in [4.69, 9.17) is 16.7 Å². The molecule has 0 radical (unpaired) electrons. The average Bonchev–Trinajstić information content (AvgIpc) is 2.37. The molecule has 0 aliphatic carbocycles. The summed E-state index contributed by atoms with van der Waals surface area (Å²) in [6.45, 7) is 0. The number of carbonyl (C=O) groups is 1. The van der Waals surface area contributed by atoms with Crippen molar-refractivity contribution < 1.29 is 9.90 Å². The van der Waals surface area contributed by atoms with E-state index < -0.39 is 5.97 Å². The van der Waals surface area contributed by atoms with Crippen LogP contribution in [0.4, 0.5) is 0 Å². The minimum Gasteiger partial charge on any atom is -0.478 e. The molecule has 0 saturated carbocycles. The highest BCUT2D eigenvalue weighted by Gasteiger charge is 2.08. The van der Waals surface area contributed by atoms with Crippen LogP contribution in [0.5, 0.6) is 0 Å². The third-order valence-corrected chi connectivity index (χ3v) is 3.72. The second-order valence-corrected chi connectivity index (χ2v) is 5.19. The molecular weight excluding hydrogens is 268 g/mol. The zero-order valence-corrected chi connectivity index (χ0v) is 11.0. The van der Waals surface area contributed by atoms with Gasteiger partial charge in [-0.05, 0) is 29.8 Å². The van der Waals surface area contributed by atoms with Crippen LogP contribution in [0.3, 0.4) is 0 Å². The molecule has 2 aromatic rings. The fraction of sp³-hybridized carbons (Fsp3) is 0.0714. The first-order chi connectivity index (χ1) is 8.66. The SMILES string of the molecule is O=C(O)c1ccccc1CSc1cccc(Cl)c1. The standard InChI is InChI=1S/C14H11ClO2S/c15-11-5-3-6-12(8-11)18-9-10-4-1-2-7-13(10)14(16)17/h1-8H,9H2,(H,16,17). The van der Waals surface area contributed by atoms with E-state index in [-0.39, 0.29) is 0 Å². The molecule has 0 saturated heterocycles. The van der Waals surface area contributed by atoms with Crippen molar-refractivity contribution >= 4 is 29.3 Å². The van der Waals surface area contributed by atoms with Crippen molar-refractivity contribution in [3.8, 4) is 0 Å². The number of rotatable bonds is 4. The van der Waals surface area contributed by atoms with Crippen LogP contribution in [0.1, 0.15) is 15.9 Å². The number of carboxylic acid groups (broad SMARTS) is 1. The van der Waals surface area contributed by atoms with Crippen molar-refractivity contribution in [2.24, 2.45) is 0 Å². The minimum absolute atomic E-state index is 0.354. The summed E-state index contributed by atoms with van der Waals surface area (Å²) in [5, 5.41) is 9.76. The van der Waals surface area contributed by atoms with Gasteiger partial charge in [-0.25, -0.2) is 4.79 Å². The number of halogens is 1. The summed E-state index contributed by atoms with van der Waals surface area (Å²) in [5.74, 6) is -0.277. The second-order valence-electron chi connectivity index (χ2n) is 3.71. The molecule has 0 spiro atoms. The van der Waals surface area contributed by atoms with E-state index in [1.807, 2.05) is 36.4 Å². The lowest BCUT2D eigenvalue weighted by molar-refractivity contribution is 0.0696. The van der Waals surface area contributed by atoms with Gasteiger partial charge in [-0.15, -0.1) is 11.8 Å². The van der Waals surface area contributed by atoms with E-state index in [1.165, 1.54) is 0 Å². The van der Waals surface area contributed by atoms with Gasteiger partial charge in [0.15, 0.2) is 0 Å². The molecule has 0 fully saturated rings. The van der Waals surface area contributed by atoms with Crippen molar-refractivity contribution in [1.29, 1.82) is 0 Å². The first-order valence-corrected chi connectivity index (χ1v) is 6.73. The molecule has 0 amide bonds. The van der Waals surface area contributed by atoms with Crippen molar-refractivity contribution in [2.45, 2.75) is 10.6 Å². The molecule has 0 aliphatic heterocycles. The molecular formula is C14H11ClO2S. The van der Waals surface area contributed by atoms with E-state index in [9.17, 15) is 4.79 Å². The van der Waals surface area contributed by atoms with E-state index in [1.54, 1.807) is 23.9 Å². The first-order valence-electron chi connectivity index (χ1n) is 5.36. The lowest BCUT2D eigenvalue weighted by Crippen LogP contribution is -2.00. The van der Waals surface area contributed by atoms with E-state index in [2.05, 4.69) is 0 Å². The van der Waals surface area contributed by atoms with Crippen LogP contribution in [-0.2, 0) is 5.75 Å². The molecule has 2 rings (SSSR count). The van der Waals surface area contributed by atoms with Gasteiger partial charge in [0.1, 0.15) is 0 Å². The Morgan fingerprint density at radius 2 is 1.94 bits per heavy atom. The second kappa shape index (κ2) is 5.94. The normalized spacial score (nSPS) is 10.3. The number of hydrogen-bond acceptors (Lipinski definition) is 2. The largest absolute Gasteiger partial charge is 0.478 e. The van der Waals surface area contributed by atoms with Crippen LogP contribution in [0.15, 0.2) is 53.4 Å². The van der Waals surface area contributed by atoms with Gasteiger partial charge in [0.2, 0.25) is 0 Å². The van der Waals surface area contributed by atoms with Gasteiger partial charge in [0, 0.05) is 15.7 Å². The summed E-state index contributed by atoms with van der Waals surface area (Å²) in [4.78, 5) is 12.1. The highest BCUT2D eigenvalue weighted by molar-refractivity contribution is 7.98. The summed E-state index contributed by atoms with van der Waals surface area (Å²) < 4.78 is 0. The summed E-state index contributed by atoms with van der Waals surface area (Å²) in [6.07, 6.45) is 0. The Bertz CT molecular complexity index is 569.